The van der Waals surface area contributed by atoms with E-state index in [1.54, 1.807) is 6.92 Å². The van der Waals surface area contributed by atoms with Crippen LogP contribution in [0, 0.1) is 35.5 Å². The number of esters is 1. The third kappa shape index (κ3) is 3.86. The number of rotatable bonds is 1. The molecule has 5 nitrogen and oxygen atoms in total. The predicted octanol–water partition coefficient (Wildman–Crippen LogP) is 3.40. The number of carbonyl (C=O) groups is 3. The van der Waals surface area contributed by atoms with Crippen LogP contribution in [0.3, 0.4) is 0 Å². The van der Waals surface area contributed by atoms with E-state index in [1.165, 1.54) is 0 Å². The van der Waals surface area contributed by atoms with E-state index < -0.39 is 5.92 Å². The molecule has 0 unspecified atom stereocenters. The zero-order valence-corrected chi connectivity index (χ0v) is 17.4. The first-order chi connectivity index (χ1) is 13.9. The molecule has 0 aromatic carbocycles. The molecule has 29 heavy (non-hydrogen) atoms. The molecule has 1 N–H and O–H groups in total. The summed E-state index contributed by atoms with van der Waals surface area (Å²) < 4.78 is 5.71. The Balaban J connectivity index is 1.66. The van der Waals surface area contributed by atoms with E-state index in [0.717, 1.165) is 19.3 Å². The van der Waals surface area contributed by atoms with E-state index >= 15 is 0 Å². The van der Waals surface area contributed by atoms with Crippen molar-refractivity contribution < 1.29 is 24.2 Å². The topological polar surface area (TPSA) is 80.7 Å². The molecule has 0 aromatic heterocycles. The minimum absolute atomic E-state index is 0.0176. The Morgan fingerprint density at radius 3 is 2.69 bits per heavy atom. The average Bonchev–Trinajstić information content (AvgIpc) is 3.24. The smallest absolute Gasteiger partial charge is 0.306 e. The molecule has 0 bridgehead atoms. The monoisotopic (exact) mass is 400 g/mol. The maximum Gasteiger partial charge on any atom is 0.306 e. The highest BCUT2D eigenvalue weighted by atomic mass is 16.5. The van der Waals surface area contributed by atoms with Gasteiger partial charge in [0.1, 0.15) is 11.9 Å². The second-order valence-electron chi connectivity index (χ2n) is 9.39. The van der Waals surface area contributed by atoms with E-state index in [0.29, 0.717) is 36.7 Å². The summed E-state index contributed by atoms with van der Waals surface area (Å²) in [7, 11) is 0. The number of hydrogen-bond acceptors (Lipinski definition) is 5. The van der Waals surface area contributed by atoms with Crippen molar-refractivity contribution in [2.75, 3.05) is 0 Å². The Bertz CT molecular complexity index is 750. The molecule has 0 radical (unpaired) electrons. The quantitative estimate of drug-likeness (QED) is 0.414. The van der Waals surface area contributed by atoms with Gasteiger partial charge in [-0.25, -0.2) is 0 Å². The Labute approximate surface area is 172 Å². The lowest BCUT2D eigenvalue weighted by Crippen LogP contribution is -2.32. The Morgan fingerprint density at radius 1 is 1.14 bits per heavy atom. The predicted molar refractivity (Wildman–Crippen MR) is 108 cm³/mol. The summed E-state index contributed by atoms with van der Waals surface area (Å²) in [5.41, 5.74) is 0.637. The Morgan fingerprint density at radius 2 is 1.93 bits per heavy atom. The fourth-order valence-electron chi connectivity index (χ4n) is 5.99. The number of Topliss-reactive ketones (excluding diaryl/α,β-unsaturated/α-hetero) is 2. The molecule has 1 saturated heterocycles. The summed E-state index contributed by atoms with van der Waals surface area (Å²) >= 11 is 0. The number of ketones is 2. The SMILES string of the molecule is CC[C@H]1CCCC(=O)[C@@H](C)C(=O)C2=C[C@@H]3[C@@H](C=C[C@@H]4C[C@@H](O)C[C@@H]34)[C@@H]2CC(=O)O1. The van der Waals surface area contributed by atoms with Crippen molar-refractivity contribution >= 4 is 17.5 Å². The van der Waals surface area contributed by atoms with E-state index in [2.05, 4.69) is 12.2 Å². The van der Waals surface area contributed by atoms with Crippen molar-refractivity contribution in [1.82, 2.24) is 0 Å². The molecule has 2 fully saturated rings. The van der Waals surface area contributed by atoms with Gasteiger partial charge in [0.15, 0.2) is 5.78 Å². The van der Waals surface area contributed by atoms with E-state index in [-0.39, 0.29) is 53.9 Å². The van der Waals surface area contributed by atoms with Crippen molar-refractivity contribution in [3.63, 3.8) is 0 Å². The third-order valence-electron chi connectivity index (χ3n) is 7.64. The molecule has 4 rings (SSSR count). The normalized spacial score (nSPS) is 42.9. The van der Waals surface area contributed by atoms with Gasteiger partial charge in [-0.15, -0.1) is 0 Å². The molecule has 158 valence electrons. The van der Waals surface area contributed by atoms with Crippen molar-refractivity contribution in [3.8, 4) is 0 Å². The van der Waals surface area contributed by atoms with Crippen LogP contribution in [-0.2, 0) is 19.1 Å². The van der Waals surface area contributed by atoms with Crippen LogP contribution in [-0.4, -0.2) is 34.9 Å². The van der Waals surface area contributed by atoms with Crippen molar-refractivity contribution in [2.45, 2.75) is 71.0 Å². The van der Waals surface area contributed by atoms with Gasteiger partial charge in [-0.3, -0.25) is 14.4 Å². The first-order valence-electron chi connectivity index (χ1n) is 11.2. The van der Waals surface area contributed by atoms with Crippen LogP contribution in [0.25, 0.3) is 0 Å². The molecule has 0 spiro atoms. The van der Waals surface area contributed by atoms with Gasteiger partial charge in [-0.2, -0.15) is 0 Å². The lowest BCUT2D eigenvalue weighted by atomic mass is 9.70. The van der Waals surface area contributed by atoms with Crippen LogP contribution in [0.4, 0.5) is 0 Å². The van der Waals surface area contributed by atoms with Gasteiger partial charge < -0.3 is 9.84 Å². The van der Waals surface area contributed by atoms with Gasteiger partial charge >= 0.3 is 5.97 Å². The van der Waals surface area contributed by atoms with Crippen molar-refractivity contribution in [3.05, 3.63) is 23.8 Å². The molecule has 1 heterocycles. The number of cyclic esters (lactones) is 1. The second kappa shape index (κ2) is 8.17. The van der Waals surface area contributed by atoms with Crippen molar-refractivity contribution in [2.24, 2.45) is 35.5 Å². The van der Waals surface area contributed by atoms with Gasteiger partial charge in [-0.05, 0) is 68.3 Å². The first-order valence-corrected chi connectivity index (χ1v) is 11.2. The number of carbonyl (C=O) groups excluding carboxylic acids is 3. The zero-order chi connectivity index (χ0) is 20.7. The molecule has 1 saturated carbocycles. The molecule has 8 atom stereocenters. The van der Waals surface area contributed by atoms with Crippen LogP contribution >= 0.6 is 0 Å². The van der Waals surface area contributed by atoms with Crippen LogP contribution in [0.15, 0.2) is 23.8 Å². The summed E-state index contributed by atoms with van der Waals surface area (Å²) in [5, 5.41) is 10.2. The Hall–Kier alpha value is -1.75. The molecule has 5 heteroatoms. The minimum atomic E-state index is -0.659. The van der Waals surface area contributed by atoms with E-state index in [1.807, 2.05) is 13.0 Å². The summed E-state index contributed by atoms with van der Waals surface area (Å²) in [6.07, 6.45) is 9.96. The van der Waals surface area contributed by atoms with Gasteiger partial charge in [0.25, 0.3) is 0 Å². The fourth-order valence-corrected chi connectivity index (χ4v) is 5.99. The molecule has 4 aliphatic rings. The number of allylic oxidation sites excluding steroid dienone is 4. The highest BCUT2D eigenvalue weighted by Gasteiger charge is 2.49. The molecular weight excluding hydrogens is 368 g/mol. The van der Waals surface area contributed by atoms with Crippen LogP contribution in [0.5, 0.6) is 0 Å². The number of aliphatic hydroxyl groups is 1. The standard InChI is InChI=1S/C24H32O5/c1-3-16-5-4-6-22(26)13(2)24(28)21-11-19-17(20(21)12-23(27)29-16)8-7-14-9-15(25)10-18(14)19/h7-8,11,13-20,25H,3-6,9-10,12H2,1-2H3/t13-,14-,15-,16+,17-,18-,19-,20+/m1/s1. The van der Waals surface area contributed by atoms with Gasteiger partial charge in [0.2, 0.25) is 0 Å². The highest BCUT2D eigenvalue weighted by Crippen LogP contribution is 2.53. The van der Waals surface area contributed by atoms with E-state index in [9.17, 15) is 19.5 Å². The van der Waals surface area contributed by atoms with Crippen molar-refractivity contribution in [1.29, 1.82) is 0 Å². The molecule has 1 aliphatic heterocycles. The van der Waals surface area contributed by atoms with Gasteiger partial charge in [0, 0.05) is 12.3 Å². The number of hydrogen-bond donors (Lipinski definition) is 1. The lowest BCUT2D eigenvalue weighted by Gasteiger charge is -2.34. The maximum absolute atomic E-state index is 13.3. The zero-order valence-electron chi connectivity index (χ0n) is 17.4. The van der Waals surface area contributed by atoms with Crippen LogP contribution in [0.2, 0.25) is 0 Å². The van der Waals surface area contributed by atoms with Crippen LogP contribution < -0.4 is 0 Å². The first kappa shape index (κ1) is 20.5. The molecule has 0 amide bonds. The lowest BCUT2D eigenvalue weighted by molar-refractivity contribution is -0.150. The fraction of sp³-hybridized carbons (Fsp3) is 0.708. The molecular formula is C24H32O5. The van der Waals surface area contributed by atoms with E-state index in [4.69, 9.17) is 4.74 Å². The number of aliphatic hydroxyl groups excluding tert-OH is 1. The summed E-state index contributed by atoms with van der Waals surface area (Å²) in [6, 6.07) is 0. The summed E-state index contributed by atoms with van der Waals surface area (Å²) in [5.74, 6) is -0.441. The number of fused-ring (bicyclic) bond motifs is 5. The molecule has 0 aromatic rings. The minimum Gasteiger partial charge on any atom is -0.462 e. The maximum atomic E-state index is 13.3. The van der Waals surface area contributed by atoms with Crippen LogP contribution in [0.1, 0.15) is 58.8 Å². The third-order valence-corrected chi connectivity index (χ3v) is 7.64. The van der Waals surface area contributed by atoms with Gasteiger partial charge in [-0.1, -0.05) is 25.2 Å². The number of ether oxygens (including phenoxy) is 1. The summed E-state index contributed by atoms with van der Waals surface area (Å²) in [4.78, 5) is 38.6. The average molecular weight is 401 g/mol. The van der Waals surface area contributed by atoms with Gasteiger partial charge in [0.05, 0.1) is 18.4 Å². The molecule has 3 aliphatic carbocycles. The largest absolute Gasteiger partial charge is 0.462 e. The summed E-state index contributed by atoms with van der Waals surface area (Å²) in [6.45, 7) is 3.70. The Kier molecular flexibility index (Phi) is 5.78. The second-order valence-corrected chi connectivity index (χ2v) is 9.39. The highest BCUT2D eigenvalue weighted by molar-refractivity contribution is 6.10.